The topological polar surface area (TPSA) is 107 Å². The van der Waals surface area contributed by atoms with Gasteiger partial charge in [-0.25, -0.2) is 13.2 Å². The van der Waals surface area contributed by atoms with E-state index in [1.54, 1.807) is 42.1 Å². The van der Waals surface area contributed by atoms with Crippen LogP contribution in [0.2, 0.25) is 0 Å². The number of hydrogen-bond donors (Lipinski definition) is 1. The van der Waals surface area contributed by atoms with Gasteiger partial charge in [0.05, 0.1) is 4.90 Å². The zero-order chi connectivity index (χ0) is 20.6. The van der Waals surface area contributed by atoms with E-state index >= 15 is 0 Å². The molecule has 1 aromatic rings. The van der Waals surface area contributed by atoms with Crippen LogP contribution in [0.5, 0.6) is 0 Å². The first-order chi connectivity index (χ1) is 13.8. The fourth-order valence-electron chi connectivity index (χ4n) is 3.81. The van der Waals surface area contributed by atoms with Gasteiger partial charge in [0.15, 0.2) is 0 Å². The number of thioether (sulfide) groups is 1. The van der Waals surface area contributed by atoms with Crippen molar-refractivity contribution < 1.29 is 22.8 Å². The van der Waals surface area contributed by atoms with Crippen molar-refractivity contribution in [2.45, 2.75) is 16.9 Å². The Morgan fingerprint density at radius 2 is 1.79 bits per heavy atom. The molecular weight excluding hydrogens is 416 g/mol. The maximum absolute atomic E-state index is 12.7. The molecule has 1 aromatic carbocycles. The van der Waals surface area contributed by atoms with E-state index in [0.29, 0.717) is 12.2 Å². The lowest BCUT2D eigenvalue weighted by Crippen LogP contribution is -2.53. The number of amides is 4. The van der Waals surface area contributed by atoms with Gasteiger partial charge in [-0.1, -0.05) is 18.2 Å². The largest absolute Gasteiger partial charge is 0.338 e. The molecule has 0 aromatic heterocycles. The molecule has 4 rings (SSSR count). The van der Waals surface area contributed by atoms with Crippen molar-refractivity contribution >= 4 is 39.6 Å². The van der Waals surface area contributed by atoms with E-state index in [2.05, 4.69) is 5.32 Å². The van der Waals surface area contributed by atoms with E-state index in [1.165, 1.54) is 9.21 Å². The Balaban J connectivity index is 1.36. The summed E-state index contributed by atoms with van der Waals surface area (Å²) in [6, 6.07) is 7.64. The van der Waals surface area contributed by atoms with Crippen LogP contribution >= 0.6 is 11.8 Å². The van der Waals surface area contributed by atoms with Crippen molar-refractivity contribution in [1.29, 1.82) is 0 Å². The third kappa shape index (κ3) is 3.62. The second-order valence-electron chi connectivity index (χ2n) is 7.30. The molecule has 3 saturated heterocycles. The number of nitrogens with zero attached hydrogens (tertiary/aromatic N) is 3. The van der Waals surface area contributed by atoms with E-state index in [9.17, 15) is 22.8 Å². The Kier molecular flexibility index (Phi) is 5.30. The Labute approximate surface area is 173 Å². The number of nitrogens with one attached hydrogen (secondary N) is 1. The lowest BCUT2D eigenvalue weighted by molar-refractivity contribution is -0.139. The van der Waals surface area contributed by atoms with Gasteiger partial charge in [-0.2, -0.15) is 16.1 Å². The average molecular weight is 439 g/mol. The van der Waals surface area contributed by atoms with Gasteiger partial charge in [-0.3, -0.25) is 14.5 Å². The van der Waals surface area contributed by atoms with Gasteiger partial charge < -0.3 is 10.2 Å². The summed E-state index contributed by atoms with van der Waals surface area (Å²) < 4.78 is 26.7. The fourth-order valence-corrected chi connectivity index (χ4v) is 6.58. The SMILES string of the molecule is O=C(CN1C(=O)N[C@]2(CCSC2)C1=O)N1CCN(S(=O)(=O)c2ccccc2)CC1. The monoisotopic (exact) mass is 438 g/mol. The van der Waals surface area contributed by atoms with Crippen molar-refractivity contribution in [2.75, 3.05) is 44.2 Å². The number of sulfonamides is 1. The summed E-state index contributed by atoms with van der Waals surface area (Å²) in [5.41, 5.74) is -0.871. The predicted octanol–water partition coefficient (Wildman–Crippen LogP) is -0.0530. The second-order valence-corrected chi connectivity index (χ2v) is 10.3. The second kappa shape index (κ2) is 7.62. The molecule has 3 aliphatic rings. The molecule has 1 spiro atoms. The van der Waals surface area contributed by atoms with Crippen LogP contribution in [0, 0.1) is 0 Å². The first-order valence-corrected chi connectivity index (χ1v) is 12.0. The molecule has 11 heteroatoms. The summed E-state index contributed by atoms with van der Waals surface area (Å²) in [5, 5.41) is 2.74. The molecule has 3 heterocycles. The van der Waals surface area contributed by atoms with Gasteiger partial charge >= 0.3 is 6.03 Å². The lowest BCUT2D eigenvalue weighted by atomic mass is 9.99. The summed E-state index contributed by atoms with van der Waals surface area (Å²) in [6.07, 6.45) is 0.572. The number of urea groups is 1. The number of imide groups is 1. The van der Waals surface area contributed by atoms with Crippen molar-refractivity contribution in [3.8, 4) is 0 Å². The Morgan fingerprint density at radius 1 is 1.10 bits per heavy atom. The van der Waals surface area contributed by atoms with Crippen molar-refractivity contribution in [1.82, 2.24) is 19.4 Å². The van der Waals surface area contributed by atoms with E-state index in [4.69, 9.17) is 0 Å². The van der Waals surface area contributed by atoms with Crippen LogP contribution in [0.1, 0.15) is 6.42 Å². The molecule has 0 unspecified atom stereocenters. The van der Waals surface area contributed by atoms with E-state index in [1.807, 2.05) is 0 Å². The molecule has 4 amide bonds. The maximum Gasteiger partial charge on any atom is 0.325 e. The molecule has 0 saturated carbocycles. The fraction of sp³-hybridized carbons (Fsp3) is 0.500. The van der Waals surface area contributed by atoms with Gasteiger partial charge in [0.1, 0.15) is 12.1 Å². The molecule has 1 N–H and O–H groups in total. The molecule has 0 aliphatic carbocycles. The highest BCUT2D eigenvalue weighted by Gasteiger charge is 2.53. The smallest absolute Gasteiger partial charge is 0.325 e. The summed E-state index contributed by atoms with van der Waals surface area (Å²) in [5.74, 6) is 0.628. The van der Waals surface area contributed by atoms with Gasteiger partial charge in [0.25, 0.3) is 5.91 Å². The van der Waals surface area contributed by atoms with Gasteiger partial charge in [-0.15, -0.1) is 0 Å². The summed E-state index contributed by atoms with van der Waals surface area (Å²) >= 11 is 1.61. The highest BCUT2D eigenvalue weighted by molar-refractivity contribution is 7.99. The summed E-state index contributed by atoms with van der Waals surface area (Å²) in [7, 11) is -3.60. The Morgan fingerprint density at radius 3 is 2.41 bits per heavy atom. The minimum Gasteiger partial charge on any atom is -0.338 e. The van der Waals surface area contributed by atoms with Crippen LogP contribution in [-0.2, 0) is 19.6 Å². The molecule has 156 valence electrons. The highest BCUT2D eigenvalue weighted by atomic mass is 32.2. The molecule has 0 radical (unpaired) electrons. The van der Waals surface area contributed by atoms with Crippen LogP contribution in [0.25, 0.3) is 0 Å². The van der Waals surface area contributed by atoms with E-state index in [-0.39, 0.29) is 49.4 Å². The molecule has 29 heavy (non-hydrogen) atoms. The van der Waals surface area contributed by atoms with Gasteiger partial charge in [-0.05, 0) is 24.3 Å². The number of carbonyl (C=O) groups excluding carboxylic acids is 3. The average Bonchev–Trinajstić information content (AvgIpc) is 3.29. The normalized spacial score (nSPS) is 25.7. The number of carbonyl (C=O) groups is 3. The zero-order valence-corrected chi connectivity index (χ0v) is 17.4. The Bertz CT molecular complexity index is 923. The Hall–Kier alpha value is -2.11. The molecule has 9 nitrogen and oxygen atoms in total. The first-order valence-electron chi connectivity index (χ1n) is 9.38. The van der Waals surface area contributed by atoms with Gasteiger partial charge in [0.2, 0.25) is 15.9 Å². The molecule has 1 atom stereocenters. The van der Waals surface area contributed by atoms with Crippen LogP contribution in [-0.4, -0.2) is 90.1 Å². The van der Waals surface area contributed by atoms with Crippen LogP contribution < -0.4 is 5.32 Å². The van der Waals surface area contributed by atoms with Crippen LogP contribution in [0.4, 0.5) is 4.79 Å². The zero-order valence-electron chi connectivity index (χ0n) is 15.7. The molecule has 3 fully saturated rings. The quantitative estimate of drug-likeness (QED) is 0.661. The van der Waals surface area contributed by atoms with E-state index < -0.39 is 21.6 Å². The van der Waals surface area contributed by atoms with Crippen molar-refractivity contribution in [3.63, 3.8) is 0 Å². The molecule has 3 aliphatic heterocycles. The number of piperazine rings is 1. The number of benzene rings is 1. The predicted molar refractivity (Wildman–Crippen MR) is 107 cm³/mol. The molecule has 0 bridgehead atoms. The third-order valence-corrected chi connectivity index (χ3v) is 8.64. The maximum atomic E-state index is 12.7. The van der Waals surface area contributed by atoms with Crippen molar-refractivity contribution in [3.05, 3.63) is 30.3 Å². The first kappa shape index (κ1) is 20.2. The lowest BCUT2D eigenvalue weighted by Gasteiger charge is -2.34. The third-order valence-electron chi connectivity index (χ3n) is 5.53. The highest BCUT2D eigenvalue weighted by Crippen LogP contribution is 2.33. The van der Waals surface area contributed by atoms with Crippen LogP contribution in [0.3, 0.4) is 0 Å². The standard InChI is InChI=1S/C18H22N4O5S2/c23-15(12-22-16(24)18(19-17(22)25)6-11-28-13-18)20-7-9-21(10-8-20)29(26,27)14-4-2-1-3-5-14/h1-5H,6-13H2,(H,19,25)/t18-/m0/s1. The number of rotatable bonds is 4. The minimum absolute atomic E-state index is 0.170. The number of hydrogen-bond acceptors (Lipinski definition) is 6. The van der Waals surface area contributed by atoms with Crippen molar-refractivity contribution in [2.24, 2.45) is 0 Å². The summed E-state index contributed by atoms with van der Waals surface area (Å²) in [6.45, 7) is 0.459. The van der Waals surface area contributed by atoms with Gasteiger partial charge in [0, 0.05) is 31.9 Å². The van der Waals surface area contributed by atoms with E-state index in [0.717, 1.165) is 10.7 Å². The summed E-state index contributed by atoms with van der Waals surface area (Å²) in [4.78, 5) is 40.3. The minimum atomic E-state index is -3.60. The van der Waals surface area contributed by atoms with Crippen LogP contribution in [0.15, 0.2) is 35.2 Å². The molecular formula is C18H22N4O5S2.